The molecule has 0 unspecified atom stereocenters. The van der Waals surface area contributed by atoms with Crippen molar-refractivity contribution in [1.29, 1.82) is 0 Å². The van der Waals surface area contributed by atoms with E-state index in [4.69, 9.17) is 0 Å². The minimum Gasteiger partial charge on any atom is -0.338 e. The summed E-state index contributed by atoms with van der Waals surface area (Å²) >= 11 is 1.32. The standard InChI is InChI=1S/C23H20FN3O3S/c24-17-5-3-15(4-6-17)22(29)26-11-14-10-16(13-26)19-8-7-18(23(30)27(19)12-14)25-21(28)20-2-1-9-31-20/h1-9,14,16H,10-13H2,(H,25,28)/t14-,16+/m0/s1. The number of carbonyl (C=O) groups is 2. The molecule has 2 aromatic heterocycles. The Balaban J connectivity index is 1.38. The molecule has 0 radical (unpaired) electrons. The first-order valence-electron chi connectivity index (χ1n) is 10.1. The normalized spacial score (nSPS) is 19.6. The average Bonchev–Trinajstić information content (AvgIpc) is 3.31. The number of rotatable bonds is 3. The van der Waals surface area contributed by atoms with Gasteiger partial charge >= 0.3 is 0 Å². The number of aromatic nitrogens is 1. The molecule has 0 aliphatic carbocycles. The van der Waals surface area contributed by atoms with Crippen LogP contribution in [0.4, 0.5) is 10.1 Å². The van der Waals surface area contributed by atoms with Crippen molar-refractivity contribution >= 4 is 28.8 Å². The van der Waals surface area contributed by atoms with Gasteiger partial charge in [-0.3, -0.25) is 14.4 Å². The van der Waals surface area contributed by atoms with Gasteiger partial charge in [0.15, 0.2) is 0 Å². The van der Waals surface area contributed by atoms with E-state index < -0.39 is 0 Å². The van der Waals surface area contributed by atoms with Gasteiger partial charge in [0.25, 0.3) is 17.4 Å². The molecule has 3 aromatic rings. The third kappa shape index (κ3) is 3.67. The Kier molecular flexibility index (Phi) is 4.94. The lowest BCUT2D eigenvalue weighted by molar-refractivity contribution is 0.0594. The third-order valence-electron chi connectivity index (χ3n) is 5.98. The number of halogens is 1. The zero-order valence-corrected chi connectivity index (χ0v) is 17.4. The quantitative estimate of drug-likeness (QED) is 0.681. The summed E-state index contributed by atoms with van der Waals surface area (Å²) in [5, 5.41) is 4.54. The minimum absolute atomic E-state index is 0.0478. The summed E-state index contributed by atoms with van der Waals surface area (Å²) in [5.74, 6) is -0.587. The second kappa shape index (κ2) is 7.77. The molecular weight excluding hydrogens is 417 g/mol. The van der Waals surface area contributed by atoms with Crippen molar-refractivity contribution in [1.82, 2.24) is 9.47 Å². The molecule has 6 nitrogen and oxygen atoms in total. The Labute approximate surface area is 181 Å². The largest absolute Gasteiger partial charge is 0.338 e. The van der Waals surface area contributed by atoms with Crippen molar-refractivity contribution in [3.05, 3.63) is 86.2 Å². The molecule has 4 heterocycles. The lowest BCUT2D eigenvalue weighted by atomic mass is 9.83. The molecule has 31 heavy (non-hydrogen) atoms. The molecule has 2 amide bonds. The van der Waals surface area contributed by atoms with Crippen molar-refractivity contribution in [3.8, 4) is 0 Å². The van der Waals surface area contributed by atoms with Crippen molar-refractivity contribution in [3.63, 3.8) is 0 Å². The zero-order chi connectivity index (χ0) is 21.5. The maximum absolute atomic E-state index is 13.2. The van der Waals surface area contributed by atoms with Gasteiger partial charge in [-0.05, 0) is 60.2 Å². The van der Waals surface area contributed by atoms with E-state index in [-0.39, 0.29) is 40.7 Å². The van der Waals surface area contributed by atoms with Crippen LogP contribution in [0.3, 0.4) is 0 Å². The topological polar surface area (TPSA) is 71.4 Å². The second-order valence-electron chi connectivity index (χ2n) is 8.03. The fraction of sp³-hybridized carbons (Fsp3) is 0.261. The van der Waals surface area contributed by atoms with Crippen LogP contribution in [0.1, 0.15) is 38.1 Å². The number of pyridine rings is 1. The summed E-state index contributed by atoms with van der Waals surface area (Å²) in [4.78, 5) is 40.6. The van der Waals surface area contributed by atoms with Gasteiger partial charge in [0.05, 0.1) is 4.88 Å². The van der Waals surface area contributed by atoms with Gasteiger partial charge in [0.1, 0.15) is 11.5 Å². The van der Waals surface area contributed by atoms with Crippen LogP contribution in [0.25, 0.3) is 0 Å². The number of nitrogens with one attached hydrogen (secondary N) is 1. The Bertz CT molecular complexity index is 1200. The number of anilines is 1. The second-order valence-corrected chi connectivity index (χ2v) is 8.98. The number of carbonyl (C=O) groups excluding carboxylic acids is 2. The summed E-state index contributed by atoms with van der Waals surface area (Å²) in [6.07, 6.45) is 0.910. The van der Waals surface area contributed by atoms with Crippen molar-refractivity contribution in [2.75, 3.05) is 18.4 Å². The van der Waals surface area contributed by atoms with Crippen LogP contribution in [0, 0.1) is 11.7 Å². The average molecular weight is 437 g/mol. The SMILES string of the molecule is O=C(Nc1ccc2n(c1=O)C[C@H]1C[C@@H]2CN(C(=O)c2ccc(F)cc2)C1)c1cccs1. The number of hydrogen-bond donors (Lipinski definition) is 1. The number of thiophene rings is 1. The Morgan fingerprint density at radius 3 is 2.58 bits per heavy atom. The van der Waals surface area contributed by atoms with Gasteiger partial charge in [-0.1, -0.05) is 6.07 Å². The molecule has 1 fully saturated rings. The van der Waals surface area contributed by atoms with Crippen LogP contribution in [0.5, 0.6) is 0 Å². The maximum Gasteiger partial charge on any atom is 0.274 e. The van der Waals surface area contributed by atoms with Crippen molar-refractivity contribution in [2.24, 2.45) is 5.92 Å². The monoisotopic (exact) mass is 437 g/mol. The summed E-state index contributed by atoms with van der Waals surface area (Å²) in [6.45, 7) is 1.55. The molecule has 1 N–H and O–H groups in total. The number of hydrogen-bond acceptors (Lipinski definition) is 4. The Morgan fingerprint density at radius 1 is 1.03 bits per heavy atom. The van der Waals surface area contributed by atoms with Gasteiger partial charge in [-0.15, -0.1) is 11.3 Å². The zero-order valence-electron chi connectivity index (χ0n) is 16.6. The third-order valence-corrected chi connectivity index (χ3v) is 6.84. The molecule has 2 bridgehead atoms. The lowest BCUT2D eigenvalue weighted by Crippen LogP contribution is -2.49. The van der Waals surface area contributed by atoms with Crippen molar-refractivity contribution in [2.45, 2.75) is 18.9 Å². The number of likely N-dealkylation sites (tertiary alicyclic amines) is 1. The van der Waals surface area contributed by atoms with Crippen LogP contribution >= 0.6 is 11.3 Å². The molecule has 8 heteroatoms. The van der Waals surface area contributed by atoms with Gasteiger partial charge in [-0.2, -0.15) is 0 Å². The summed E-state index contributed by atoms with van der Waals surface area (Å²) in [7, 11) is 0. The van der Waals surface area contributed by atoms with Crippen LogP contribution in [-0.2, 0) is 6.54 Å². The molecular formula is C23H20FN3O3S. The van der Waals surface area contributed by atoms with E-state index in [2.05, 4.69) is 5.32 Å². The van der Waals surface area contributed by atoms with Crippen LogP contribution in [0.2, 0.25) is 0 Å². The highest BCUT2D eigenvalue weighted by Gasteiger charge is 2.37. The highest BCUT2D eigenvalue weighted by Crippen LogP contribution is 2.36. The van der Waals surface area contributed by atoms with Gasteiger partial charge in [0, 0.05) is 36.8 Å². The fourth-order valence-electron chi connectivity index (χ4n) is 4.57. The number of piperidine rings is 1. The maximum atomic E-state index is 13.2. The molecule has 2 aliphatic rings. The first-order chi connectivity index (χ1) is 15.0. The predicted octanol–water partition coefficient (Wildman–Crippen LogP) is 3.56. The molecule has 1 saturated heterocycles. The fourth-order valence-corrected chi connectivity index (χ4v) is 5.19. The summed E-state index contributed by atoms with van der Waals surface area (Å²) in [6, 6.07) is 12.6. The van der Waals surface area contributed by atoms with E-state index in [9.17, 15) is 18.8 Å². The van der Waals surface area contributed by atoms with E-state index >= 15 is 0 Å². The molecule has 0 saturated carbocycles. The number of benzene rings is 1. The molecule has 158 valence electrons. The van der Waals surface area contributed by atoms with Gasteiger partial charge in [-0.25, -0.2) is 4.39 Å². The Morgan fingerprint density at radius 2 is 1.84 bits per heavy atom. The Hall–Kier alpha value is -3.26. The van der Waals surface area contributed by atoms with Crippen LogP contribution < -0.4 is 10.9 Å². The number of fused-ring (bicyclic) bond motifs is 4. The van der Waals surface area contributed by atoms with E-state index in [0.717, 1.165) is 12.1 Å². The van der Waals surface area contributed by atoms with Crippen LogP contribution in [0.15, 0.2) is 58.7 Å². The first-order valence-corrected chi connectivity index (χ1v) is 11.0. The predicted molar refractivity (Wildman–Crippen MR) is 116 cm³/mol. The van der Waals surface area contributed by atoms with Gasteiger partial charge in [0.2, 0.25) is 0 Å². The number of amides is 2. The van der Waals surface area contributed by atoms with E-state index in [1.807, 2.05) is 11.4 Å². The van der Waals surface area contributed by atoms with E-state index in [0.29, 0.717) is 30.1 Å². The lowest BCUT2D eigenvalue weighted by Gasteiger charge is -2.43. The highest BCUT2D eigenvalue weighted by atomic mass is 32.1. The number of nitrogens with zero attached hydrogens (tertiary/aromatic N) is 2. The highest BCUT2D eigenvalue weighted by molar-refractivity contribution is 7.12. The van der Waals surface area contributed by atoms with Crippen LogP contribution in [-0.4, -0.2) is 34.4 Å². The molecule has 2 atom stereocenters. The van der Waals surface area contributed by atoms with Gasteiger partial charge < -0.3 is 14.8 Å². The molecule has 2 aliphatic heterocycles. The van der Waals surface area contributed by atoms with E-state index in [1.54, 1.807) is 27.7 Å². The summed E-state index contributed by atoms with van der Waals surface area (Å²) in [5.41, 5.74) is 1.40. The molecule has 1 aromatic carbocycles. The molecule has 5 rings (SSSR count). The minimum atomic E-state index is -0.373. The van der Waals surface area contributed by atoms with Crippen molar-refractivity contribution < 1.29 is 14.0 Å². The van der Waals surface area contributed by atoms with E-state index in [1.165, 1.54) is 35.6 Å². The molecule has 0 spiro atoms. The summed E-state index contributed by atoms with van der Waals surface area (Å²) < 4.78 is 14.9. The first kappa shape index (κ1) is 19.7. The smallest absolute Gasteiger partial charge is 0.274 e.